The molecular weight excluding hydrogens is 299 g/mol. The Balaban J connectivity index is 2.20. The molecule has 9 heteroatoms. The molecule has 1 aliphatic rings. The number of piperazine rings is 1. The summed E-state index contributed by atoms with van der Waals surface area (Å²) in [6, 6.07) is -0.0647. The first kappa shape index (κ1) is 16.5. The van der Waals surface area contributed by atoms with Crippen molar-refractivity contribution < 1.29 is 18.0 Å². The van der Waals surface area contributed by atoms with Crippen molar-refractivity contribution in [3.05, 3.63) is 23.5 Å². The van der Waals surface area contributed by atoms with Crippen LogP contribution in [0.4, 0.5) is 23.7 Å². The van der Waals surface area contributed by atoms with E-state index in [9.17, 15) is 18.0 Å². The number of anilines is 1. The number of urea groups is 1. The maximum Gasteiger partial charge on any atom is 0.418 e. The fourth-order valence-electron chi connectivity index (χ4n) is 2.29. The maximum absolute atomic E-state index is 13.2. The Morgan fingerprint density at radius 2 is 2.00 bits per heavy atom. The number of rotatable bonds is 3. The van der Waals surface area contributed by atoms with Gasteiger partial charge < -0.3 is 16.0 Å². The molecule has 0 bridgehead atoms. The van der Waals surface area contributed by atoms with Crippen LogP contribution in [0.1, 0.15) is 11.3 Å². The van der Waals surface area contributed by atoms with E-state index in [2.05, 4.69) is 15.2 Å². The molecule has 1 aromatic rings. The molecule has 1 aliphatic heterocycles. The molecule has 0 aliphatic carbocycles. The Morgan fingerprint density at radius 3 is 2.55 bits per heavy atom. The molecular formula is C13H18F3N5O. The summed E-state index contributed by atoms with van der Waals surface area (Å²) in [7, 11) is 1.97. The van der Waals surface area contributed by atoms with Crippen LogP contribution in [-0.4, -0.2) is 54.0 Å². The average Bonchev–Trinajstić information content (AvgIpc) is 2.41. The monoisotopic (exact) mass is 317 g/mol. The molecule has 1 saturated heterocycles. The topological polar surface area (TPSA) is 74.5 Å². The minimum Gasteiger partial charge on any atom is -0.351 e. The molecule has 0 atom stereocenters. The van der Waals surface area contributed by atoms with Crippen molar-refractivity contribution in [2.45, 2.75) is 12.7 Å². The molecule has 6 nitrogen and oxygen atoms in total. The van der Waals surface area contributed by atoms with Gasteiger partial charge in [0.15, 0.2) is 0 Å². The zero-order valence-corrected chi connectivity index (χ0v) is 12.2. The third-order valence-corrected chi connectivity index (χ3v) is 3.51. The van der Waals surface area contributed by atoms with Gasteiger partial charge in [-0.3, -0.25) is 9.88 Å². The van der Waals surface area contributed by atoms with Gasteiger partial charge in [0.2, 0.25) is 0 Å². The Morgan fingerprint density at radius 1 is 1.36 bits per heavy atom. The lowest BCUT2D eigenvalue weighted by Crippen LogP contribution is -2.44. The van der Waals surface area contributed by atoms with E-state index >= 15 is 0 Å². The number of nitrogens with one attached hydrogen (secondary N) is 1. The predicted molar refractivity (Wildman–Crippen MR) is 75.2 cm³/mol. The van der Waals surface area contributed by atoms with Gasteiger partial charge in [-0.05, 0) is 13.1 Å². The quantitative estimate of drug-likeness (QED) is 0.882. The molecule has 22 heavy (non-hydrogen) atoms. The van der Waals surface area contributed by atoms with Crippen LogP contribution in [0.5, 0.6) is 0 Å². The van der Waals surface area contributed by atoms with Gasteiger partial charge in [0.05, 0.1) is 23.1 Å². The number of likely N-dealkylation sites (N-methyl/N-ethyl adjacent to an activating group) is 1. The number of hydrogen-bond donors (Lipinski definition) is 2. The highest BCUT2D eigenvalue weighted by Crippen LogP contribution is 2.33. The number of carbonyl (C=O) groups excluding carboxylic acids is 1. The van der Waals surface area contributed by atoms with E-state index in [-0.39, 0.29) is 17.9 Å². The van der Waals surface area contributed by atoms with Gasteiger partial charge in [-0.25, -0.2) is 4.79 Å². The maximum atomic E-state index is 13.2. The number of alkyl halides is 3. The second-order valence-electron chi connectivity index (χ2n) is 5.28. The summed E-state index contributed by atoms with van der Waals surface area (Å²) in [5.41, 5.74) is 3.95. The van der Waals surface area contributed by atoms with E-state index in [1.54, 1.807) is 0 Å². The van der Waals surface area contributed by atoms with Crippen molar-refractivity contribution in [2.24, 2.45) is 5.73 Å². The van der Waals surface area contributed by atoms with Gasteiger partial charge in [-0.2, -0.15) is 13.2 Å². The fourth-order valence-corrected chi connectivity index (χ4v) is 2.29. The van der Waals surface area contributed by atoms with Crippen molar-refractivity contribution in [3.63, 3.8) is 0 Å². The summed E-state index contributed by atoms with van der Waals surface area (Å²) in [5, 5.41) is 2.11. The van der Waals surface area contributed by atoms with Gasteiger partial charge >= 0.3 is 12.2 Å². The van der Waals surface area contributed by atoms with Crippen molar-refractivity contribution in [1.82, 2.24) is 14.8 Å². The van der Waals surface area contributed by atoms with E-state index in [4.69, 9.17) is 5.73 Å². The number of hydrogen-bond acceptors (Lipinski definition) is 4. The molecule has 1 aromatic heterocycles. The predicted octanol–water partition coefficient (Wildman–Crippen LogP) is 1.34. The van der Waals surface area contributed by atoms with Crippen molar-refractivity contribution in [1.29, 1.82) is 0 Å². The Hall–Kier alpha value is -1.87. The minimum absolute atomic E-state index is 0.0490. The molecule has 0 radical (unpaired) electrons. The molecule has 2 rings (SSSR count). The lowest BCUT2D eigenvalue weighted by atomic mass is 10.1. The van der Waals surface area contributed by atoms with Crippen LogP contribution in [0.25, 0.3) is 0 Å². The lowest BCUT2D eigenvalue weighted by Gasteiger charge is -2.32. The second-order valence-corrected chi connectivity index (χ2v) is 5.28. The molecule has 2 heterocycles. The summed E-state index contributed by atoms with van der Waals surface area (Å²) in [6.07, 6.45) is -3.35. The van der Waals surface area contributed by atoms with Crippen LogP contribution in [0.2, 0.25) is 0 Å². The Kier molecular flexibility index (Phi) is 4.87. The van der Waals surface area contributed by atoms with Gasteiger partial charge in [-0.1, -0.05) is 0 Å². The van der Waals surface area contributed by atoms with Gasteiger partial charge in [0.1, 0.15) is 0 Å². The average molecular weight is 317 g/mol. The second kappa shape index (κ2) is 6.49. The van der Waals surface area contributed by atoms with Crippen molar-refractivity contribution in [2.75, 3.05) is 38.5 Å². The van der Waals surface area contributed by atoms with Gasteiger partial charge in [0, 0.05) is 32.7 Å². The smallest absolute Gasteiger partial charge is 0.351 e. The first-order chi connectivity index (χ1) is 10.3. The number of aromatic nitrogens is 1. The number of halogens is 3. The summed E-state index contributed by atoms with van der Waals surface area (Å²) < 4.78 is 39.5. The SMILES string of the molecule is CN1CCN(Cc2ncc(NC(N)=O)cc2C(F)(F)F)CC1. The van der Waals surface area contributed by atoms with E-state index in [0.717, 1.165) is 19.2 Å². The molecule has 1 fully saturated rings. The van der Waals surface area contributed by atoms with Crippen molar-refractivity contribution >= 4 is 11.7 Å². The molecule has 0 saturated carbocycles. The number of amides is 2. The number of pyridine rings is 1. The lowest BCUT2D eigenvalue weighted by molar-refractivity contribution is -0.138. The van der Waals surface area contributed by atoms with Crippen LogP contribution in [0, 0.1) is 0 Å². The minimum atomic E-state index is -4.54. The number of primary amides is 1. The molecule has 0 spiro atoms. The number of nitrogens with zero attached hydrogens (tertiary/aromatic N) is 3. The first-order valence-electron chi connectivity index (χ1n) is 6.79. The van der Waals surface area contributed by atoms with Crippen LogP contribution in [-0.2, 0) is 12.7 Å². The molecule has 0 unspecified atom stereocenters. The standard InChI is InChI=1S/C13H18F3N5O/c1-20-2-4-21(5-3-20)8-11-10(13(14,15)16)6-9(7-18-11)19-12(17)22/h6-7H,2-5,8H2,1H3,(H3,17,19,22). The zero-order chi connectivity index (χ0) is 16.3. The summed E-state index contributed by atoms with van der Waals surface area (Å²) in [6.45, 7) is 3.12. The largest absolute Gasteiger partial charge is 0.418 e. The zero-order valence-electron chi connectivity index (χ0n) is 12.2. The third kappa shape index (κ3) is 4.31. The summed E-state index contributed by atoms with van der Waals surface area (Å²) in [5.74, 6) is 0. The van der Waals surface area contributed by atoms with Crippen LogP contribution in [0.15, 0.2) is 12.3 Å². The molecule has 2 amide bonds. The third-order valence-electron chi connectivity index (χ3n) is 3.51. The normalized spacial score (nSPS) is 17.5. The van der Waals surface area contributed by atoms with E-state index in [1.807, 2.05) is 11.9 Å². The van der Waals surface area contributed by atoms with Crippen LogP contribution < -0.4 is 11.1 Å². The Labute approximate surface area is 126 Å². The van der Waals surface area contributed by atoms with E-state index < -0.39 is 17.8 Å². The highest BCUT2D eigenvalue weighted by Gasteiger charge is 2.35. The molecule has 0 aromatic carbocycles. The molecule has 122 valence electrons. The van der Waals surface area contributed by atoms with E-state index in [0.29, 0.717) is 13.1 Å². The highest BCUT2D eigenvalue weighted by molar-refractivity contribution is 5.87. The van der Waals surface area contributed by atoms with Crippen molar-refractivity contribution in [3.8, 4) is 0 Å². The Bertz CT molecular complexity index is 541. The van der Waals surface area contributed by atoms with Gasteiger partial charge in [-0.15, -0.1) is 0 Å². The molecule has 3 N–H and O–H groups in total. The number of nitrogens with two attached hydrogens (primary N) is 1. The van der Waals surface area contributed by atoms with Crippen LogP contribution in [0.3, 0.4) is 0 Å². The van der Waals surface area contributed by atoms with E-state index in [1.165, 1.54) is 6.20 Å². The van der Waals surface area contributed by atoms with Crippen LogP contribution >= 0.6 is 0 Å². The summed E-state index contributed by atoms with van der Waals surface area (Å²) >= 11 is 0. The van der Waals surface area contributed by atoms with Gasteiger partial charge in [0.25, 0.3) is 0 Å². The first-order valence-corrected chi connectivity index (χ1v) is 6.79. The highest BCUT2D eigenvalue weighted by atomic mass is 19.4. The fraction of sp³-hybridized carbons (Fsp3) is 0.538. The number of carbonyl (C=O) groups is 1. The summed E-state index contributed by atoms with van der Waals surface area (Å²) in [4.78, 5) is 18.7.